The summed E-state index contributed by atoms with van der Waals surface area (Å²) in [6, 6.07) is 9.37. The van der Waals surface area contributed by atoms with Crippen molar-refractivity contribution in [3.8, 4) is 0 Å². The number of furan rings is 1. The van der Waals surface area contributed by atoms with Gasteiger partial charge in [0.1, 0.15) is 5.82 Å². The fourth-order valence-corrected chi connectivity index (χ4v) is 1.69. The van der Waals surface area contributed by atoms with Crippen LogP contribution in [0.25, 0.3) is 0 Å². The number of amidine groups is 1. The number of nitrogens with zero attached hydrogens (tertiary/aromatic N) is 3. The average molecular weight is 271 g/mol. The quantitative estimate of drug-likeness (QED) is 0.836. The van der Waals surface area contributed by atoms with Crippen LogP contribution in [-0.2, 0) is 0 Å². The van der Waals surface area contributed by atoms with Gasteiger partial charge >= 0.3 is 0 Å². The minimum Gasteiger partial charge on any atom is -0.463 e. The number of anilines is 1. The van der Waals surface area contributed by atoms with Crippen LogP contribution in [0.5, 0.6) is 0 Å². The Labute approximate surface area is 113 Å². The van der Waals surface area contributed by atoms with Gasteiger partial charge in [-0.15, -0.1) is 10.2 Å². The van der Waals surface area contributed by atoms with E-state index in [1.807, 2.05) is 0 Å². The maximum absolute atomic E-state index is 13.1. The molecule has 1 aromatic carbocycles. The monoisotopic (exact) mass is 271 g/mol. The van der Waals surface area contributed by atoms with Crippen LogP contribution in [0, 0.1) is 5.82 Å². The molecule has 20 heavy (non-hydrogen) atoms. The fourth-order valence-electron chi connectivity index (χ4n) is 1.69. The van der Waals surface area contributed by atoms with E-state index < -0.39 is 0 Å². The van der Waals surface area contributed by atoms with Crippen molar-refractivity contribution in [2.45, 2.75) is 0 Å². The molecular weight excluding hydrogens is 261 g/mol. The highest BCUT2D eigenvalue weighted by Crippen LogP contribution is 2.12. The molecular formula is C13H10FN5O. The second kappa shape index (κ2) is 4.96. The van der Waals surface area contributed by atoms with Crippen LogP contribution in [0.15, 0.2) is 62.4 Å². The second-order valence-electron chi connectivity index (χ2n) is 3.99. The van der Waals surface area contributed by atoms with E-state index in [0.717, 1.165) is 0 Å². The van der Waals surface area contributed by atoms with Gasteiger partial charge in [-0.1, -0.05) is 6.07 Å². The van der Waals surface area contributed by atoms with E-state index in [1.54, 1.807) is 24.3 Å². The fraction of sp³-hybridized carbons (Fsp3) is 0. The van der Waals surface area contributed by atoms with Gasteiger partial charge < -0.3 is 10.2 Å². The maximum Gasteiger partial charge on any atom is 0.176 e. The maximum atomic E-state index is 13.1. The van der Waals surface area contributed by atoms with E-state index in [9.17, 15) is 4.39 Å². The first-order chi connectivity index (χ1) is 9.74. The molecule has 0 atom stereocenters. The lowest BCUT2D eigenvalue weighted by atomic mass is 10.2. The van der Waals surface area contributed by atoms with Gasteiger partial charge in [-0.2, -0.15) is 5.10 Å². The van der Waals surface area contributed by atoms with Crippen LogP contribution in [0.1, 0.15) is 5.76 Å². The molecule has 0 bridgehead atoms. The molecule has 2 aromatic rings. The molecule has 0 unspecified atom stereocenters. The Hall–Kier alpha value is -2.96. The summed E-state index contributed by atoms with van der Waals surface area (Å²) in [7, 11) is 0. The zero-order valence-electron chi connectivity index (χ0n) is 10.2. The predicted molar refractivity (Wildman–Crippen MR) is 74.3 cm³/mol. The van der Waals surface area contributed by atoms with Crippen molar-refractivity contribution >= 4 is 22.9 Å². The van der Waals surface area contributed by atoms with Crippen molar-refractivity contribution < 1.29 is 8.81 Å². The van der Waals surface area contributed by atoms with Crippen LogP contribution in [0.3, 0.4) is 0 Å². The molecule has 2 heterocycles. The number of nitrogens with two attached hydrogens (primary N) is 1. The van der Waals surface area contributed by atoms with Crippen LogP contribution < -0.4 is 11.2 Å². The normalized spacial score (nSPS) is 16.1. The lowest BCUT2D eigenvalue weighted by Gasteiger charge is -2.03. The smallest absolute Gasteiger partial charge is 0.176 e. The molecule has 3 N–H and O–H groups in total. The average Bonchev–Trinajstić information content (AvgIpc) is 3.06. The van der Waals surface area contributed by atoms with Crippen molar-refractivity contribution in [2.24, 2.45) is 21.0 Å². The third-order valence-corrected chi connectivity index (χ3v) is 2.60. The Kier molecular flexibility index (Phi) is 3.00. The first-order valence-electron chi connectivity index (χ1n) is 5.79. The predicted octanol–water partition coefficient (Wildman–Crippen LogP) is 1.96. The van der Waals surface area contributed by atoms with Gasteiger partial charge in [0.25, 0.3) is 0 Å². The molecule has 0 saturated heterocycles. The lowest BCUT2D eigenvalue weighted by Crippen LogP contribution is -2.28. The van der Waals surface area contributed by atoms with Crippen LogP contribution >= 0.6 is 0 Å². The van der Waals surface area contributed by atoms with E-state index in [1.165, 1.54) is 18.4 Å². The van der Waals surface area contributed by atoms with Gasteiger partial charge in [-0.3, -0.25) is 5.43 Å². The zero-order chi connectivity index (χ0) is 13.9. The van der Waals surface area contributed by atoms with Crippen molar-refractivity contribution in [1.29, 1.82) is 0 Å². The number of benzene rings is 1. The molecule has 1 aromatic heterocycles. The number of hydrazone groups is 1. The lowest BCUT2D eigenvalue weighted by molar-refractivity contribution is 0.559. The Morgan fingerprint density at radius 2 is 2.10 bits per heavy atom. The first-order valence-corrected chi connectivity index (χ1v) is 5.79. The summed E-state index contributed by atoms with van der Waals surface area (Å²) in [4.78, 5) is 0. The molecule has 100 valence electrons. The minimum absolute atomic E-state index is 0.167. The minimum atomic E-state index is -0.358. The highest BCUT2D eigenvalue weighted by molar-refractivity contribution is 6.72. The van der Waals surface area contributed by atoms with Crippen LogP contribution in [-0.4, -0.2) is 17.3 Å². The number of hydrogen-bond acceptors (Lipinski definition) is 6. The van der Waals surface area contributed by atoms with Crippen molar-refractivity contribution in [1.82, 2.24) is 0 Å². The number of halogens is 1. The van der Waals surface area contributed by atoms with Crippen molar-refractivity contribution in [3.63, 3.8) is 0 Å². The van der Waals surface area contributed by atoms with Gasteiger partial charge in [0.15, 0.2) is 23.0 Å². The molecule has 0 saturated carbocycles. The standard InChI is InChI=1S/C13H10FN5O/c14-8-3-1-4-9(7-8)16-18-12-11(17-19-13(12)15)10-5-2-6-20-10/h1-7,16H,(H2,15,18,19). The number of rotatable bonds is 3. The summed E-state index contributed by atoms with van der Waals surface area (Å²) in [5, 5.41) is 11.8. The summed E-state index contributed by atoms with van der Waals surface area (Å²) < 4.78 is 18.3. The summed E-state index contributed by atoms with van der Waals surface area (Å²) >= 11 is 0. The molecule has 0 radical (unpaired) electrons. The van der Waals surface area contributed by atoms with Gasteiger partial charge in [0, 0.05) is 0 Å². The van der Waals surface area contributed by atoms with Crippen LogP contribution in [0.4, 0.5) is 10.1 Å². The van der Waals surface area contributed by atoms with E-state index in [0.29, 0.717) is 22.9 Å². The summed E-state index contributed by atoms with van der Waals surface area (Å²) in [5.74, 6) is 0.317. The molecule has 0 spiro atoms. The molecule has 1 aliphatic rings. The summed E-state index contributed by atoms with van der Waals surface area (Å²) in [6.45, 7) is 0. The highest BCUT2D eigenvalue weighted by Gasteiger charge is 2.23. The third kappa shape index (κ3) is 2.28. The topological polar surface area (TPSA) is 88.3 Å². The molecule has 0 amide bonds. The Morgan fingerprint density at radius 3 is 2.85 bits per heavy atom. The molecule has 1 aliphatic heterocycles. The summed E-state index contributed by atoms with van der Waals surface area (Å²) in [6.07, 6.45) is 1.52. The molecule has 0 aliphatic carbocycles. The molecule has 6 nitrogen and oxygen atoms in total. The SMILES string of the molecule is NC1=NN=C(c2ccco2)/C1=N\Nc1cccc(F)c1. The van der Waals surface area contributed by atoms with Crippen molar-refractivity contribution in [2.75, 3.05) is 5.43 Å². The van der Waals surface area contributed by atoms with E-state index in [-0.39, 0.29) is 11.7 Å². The van der Waals surface area contributed by atoms with Gasteiger partial charge in [-0.05, 0) is 30.3 Å². The Balaban J connectivity index is 1.86. The number of hydrogen-bond donors (Lipinski definition) is 2. The largest absolute Gasteiger partial charge is 0.463 e. The van der Waals surface area contributed by atoms with Gasteiger partial charge in [-0.25, -0.2) is 4.39 Å². The third-order valence-electron chi connectivity index (χ3n) is 2.60. The van der Waals surface area contributed by atoms with E-state index in [4.69, 9.17) is 10.2 Å². The molecule has 7 heteroatoms. The molecule has 3 rings (SSSR count). The zero-order valence-corrected chi connectivity index (χ0v) is 10.2. The van der Waals surface area contributed by atoms with E-state index in [2.05, 4.69) is 20.7 Å². The van der Waals surface area contributed by atoms with Gasteiger partial charge in [0.2, 0.25) is 0 Å². The van der Waals surface area contributed by atoms with Crippen LogP contribution in [0.2, 0.25) is 0 Å². The second-order valence-corrected chi connectivity index (χ2v) is 3.99. The Bertz CT molecular complexity index is 718. The van der Waals surface area contributed by atoms with Crippen molar-refractivity contribution in [3.05, 3.63) is 54.2 Å². The number of nitrogens with one attached hydrogen (secondary N) is 1. The highest BCUT2D eigenvalue weighted by atomic mass is 19.1. The van der Waals surface area contributed by atoms with Gasteiger partial charge in [0.05, 0.1) is 12.0 Å². The summed E-state index contributed by atoms with van der Waals surface area (Å²) in [5.41, 5.74) is 9.71. The Morgan fingerprint density at radius 1 is 1.20 bits per heavy atom. The van der Waals surface area contributed by atoms with E-state index >= 15 is 0 Å². The molecule has 0 fully saturated rings. The first kappa shape index (κ1) is 12.1.